The Morgan fingerprint density at radius 1 is 1.05 bits per heavy atom. The van der Waals surface area contributed by atoms with Crippen LogP contribution in [0.1, 0.15) is 39.5 Å². The van der Waals surface area contributed by atoms with E-state index in [1.54, 1.807) is 0 Å². The molecule has 1 heterocycles. The Kier molecular flexibility index (Phi) is 4.77. The van der Waals surface area contributed by atoms with Gasteiger partial charge in [-0.3, -0.25) is 0 Å². The average Bonchev–Trinajstić information content (AvgIpc) is 2.96. The van der Waals surface area contributed by atoms with Gasteiger partial charge < -0.3 is 14.8 Å². The highest BCUT2D eigenvalue weighted by Crippen LogP contribution is 2.35. The van der Waals surface area contributed by atoms with Crippen LogP contribution in [0.5, 0.6) is 0 Å². The Hall–Kier alpha value is -0.710. The molecule has 0 spiro atoms. The lowest BCUT2D eigenvalue weighted by Crippen LogP contribution is -2.45. The quantitative estimate of drug-likeness (QED) is 0.899. The summed E-state index contributed by atoms with van der Waals surface area (Å²) in [6.45, 7) is 5.29. The van der Waals surface area contributed by atoms with E-state index in [1.807, 2.05) is 25.6 Å². The number of hydrogen-bond acceptors (Lipinski definition) is 4. The fraction of sp³-hybridized carbons (Fsp3) is 0.647. The van der Waals surface area contributed by atoms with Crippen molar-refractivity contribution in [2.45, 2.75) is 61.5 Å². The van der Waals surface area contributed by atoms with E-state index in [-0.39, 0.29) is 6.04 Å². The summed E-state index contributed by atoms with van der Waals surface area (Å²) in [5, 5.41) is 4.31. The van der Waals surface area contributed by atoms with Gasteiger partial charge in [0.2, 0.25) is 0 Å². The van der Waals surface area contributed by atoms with Crippen molar-refractivity contribution in [2.24, 2.45) is 0 Å². The molecule has 1 saturated carbocycles. The number of rotatable bonds is 4. The highest BCUT2D eigenvalue weighted by molar-refractivity contribution is 8.00. The maximum Gasteiger partial charge on any atom is 0.162 e. The van der Waals surface area contributed by atoms with Gasteiger partial charge in [0.1, 0.15) is 0 Å². The van der Waals surface area contributed by atoms with Crippen molar-refractivity contribution in [1.82, 2.24) is 0 Å². The van der Waals surface area contributed by atoms with E-state index in [0.717, 1.165) is 10.9 Å². The standard InChI is InChI=1S/C17H25NO2S/c1-17(2)19-11-14(12-20-17)18-13-7-9-16(10-8-13)21-15-5-3-4-6-15/h7-10,14-15,18H,3-6,11-12H2,1-2H3. The Morgan fingerprint density at radius 2 is 1.67 bits per heavy atom. The molecule has 0 atom stereocenters. The maximum atomic E-state index is 5.67. The Bertz CT molecular complexity index is 444. The van der Waals surface area contributed by atoms with Gasteiger partial charge in [-0.2, -0.15) is 0 Å². The van der Waals surface area contributed by atoms with Crippen LogP contribution in [0, 0.1) is 0 Å². The van der Waals surface area contributed by atoms with E-state index in [0.29, 0.717) is 13.2 Å². The number of nitrogens with one attached hydrogen (secondary N) is 1. The van der Waals surface area contributed by atoms with Gasteiger partial charge in [0.25, 0.3) is 0 Å². The summed E-state index contributed by atoms with van der Waals surface area (Å²) < 4.78 is 11.3. The topological polar surface area (TPSA) is 30.5 Å². The predicted molar refractivity (Wildman–Crippen MR) is 87.9 cm³/mol. The van der Waals surface area contributed by atoms with Gasteiger partial charge in [0.05, 0.1) is 19.3 Å². The summed E-state index contributed by atoms with van der Waals surface area (Å²) >= 11 is 2.03. The normalized spacial score (nSPS) is 23.3. The Balaban J connectivity index is 1.50. The molecule has 3 nitrogen and oxygen atoms in total. The first-order chi connectivity index (χ1) is 10.1. The van der Waals surface area contributed by atoms with Crippen molar-refractivity contribution in [2.75, 3.05) is 18.5 Å². The van der Waals surface area contributed by atoms with E-state index < -0.39 is 5.79 Å². The molecule has 0 radical (unpaired) electrons. The van der Waals surface area contributed by atoms with Crippen LogP contribution in [0.15, 0.2) is 29.2 Å². The molecule has 0 aromatic heterocycles. The molecular formula is C17H25NO2S. The third kappa shape index (κ3) is 4.38. The first-order valence-corrected chi connectivity index (χ1v) is 8.80. The number of ether oxygens (including phenoxy) is 2. The highest BCUT2D eigenvalue weighted by Gasteiger charge is 2.28. The molecule has 1 aliphatic carbocycles. The second kappa shape index (κ2) is 6.59. The molecule has 2 fully saturated rings. The third-order valence-corrected chi connectivity index (χ3v) is 5.44. The lowest BCUT2D eigenvalue weighted by atomic mass is 10.2. The van der Waals surface area contributed by atoms with Crippen LogP contribution in [-0.4, -0.2) is 30.3 Å². The highest BCUT2D eigenvalue weighted by atomic mass is 32.2. The zero-order chi connectivity index (χ0) is 14.7. The number of thioether (sulfide) groups is 1. The second-order valence-corrected chi connectivity index (χ2v) is 7.79. The van der Waals surface area contributed by atoms with Crippen LogP contribution >= 0.6 is 11.8 Å². The molecule has 2 aliphatic rings. The van der Waals surface area contributed by atoms with Gasteiger partial charge >= 0.3 is 0 Å². The lowest BCUT2D eigenvalue weighted by molar-refractivity contribution is -0.247. The molecule has 1 aliphatic heterocycles. The van der Waals surface area contributed by atoms with Crippen molar-refractivity contribution in [1.29, 1.82) is 0 Å². The Labute approximate surface area is 131 Å². The maximum absolute atomic E-state index is 5.67. The summed E-state index contributed by atoms with van der Waals surface area (Å²) in [6, 6.07) is 9.00. The molecule has 1 N–H and O–H groups in total. The van der Waals surface area contributed by atoms with Crippen molar-refractivity contribution >= 4 is 17.4 Å². The molecule has 1 saturated heterocycles. The molecule has 0 bridgehead atoms. The van der Waals surface area contributed by atoms with Gasteiger partial charge in [0, 0.05) is 15.8 Å². The van der Waals surface area contributed by atoms with Crippen molar-refractivity contribution in [3.63, 3.8) is 0 Å². The van der Waals surface area contributed by atoms with Gasteiger partial charge in [-0.25, -0.2) is 0 Å². The first-order valence-electron chi connectivity index (χ1n) is 7.92. The zero-order valence-corrected chi connectivity index (χ0v) is 13.7. The molecule has 4 heteroatoms. The van der Waals surface area contributed by atoms with E-state index in [9.17, 15) is 0 Å². The van der Waals surface area contributed by atoms with Crippen LogP contribution < -0.4 is 5.32 Å². The molecule has 21 heavy (non-hydrogen) atoms. The van der Waals surface area contributed by atoms with Crippen LogP contribution in [0.25, 0.3) is 0 Å². The van der Waals surface area contributed by atoms with Gasteiger partial charge in [-0.05, 0) is 51.0 Å². The fourth-order valence-corrected chi connectivity index (χ4v) is 4.09. The van der Waals surface area contributed by atoms with Crippen LogP contribution in [0.2, 0.25) is 0 Å². The molecule has 1 aromatic carbocycles. The summed E-state index contributed by atoms with van der Waals surface area (Å²) in [4.78, 5) is 1.38. The minimum absolute atomic E-state index is 0.228. The smallest absolute Gasteiger partial charge is 0.162 e. The SMILES string of the molecule is CC1(C)OCC(Nc2ccc(SC3CCCC3)cc2)CO1. The first kappa shape index (κ1) is 15.2. The molecule has 3 rings (SSSR count). The minimum Gasteiger partial charge on any atom is -0.378 e. The van der Waals surface area contributed by atoms with Crippen molar-refractivity contribution in [3.8, 4) is 0 Å². The van der Waals surface area contributed by atoms with Gasteiger partial charge in [0.15, 0.2) is 5.79 Å². The van der Waals surface area contributed by atoms with Crippen LogP contribution in [-0.2, 0) is 9.47 Å². The molecule has 1 aromatic rings. The average molecular weight is 307 g/mol. The minimum atomic E-state index is -0.444. The summed E-state index contributed by atoms with van der Waals surface area (Å²) in [7, 11) is 0. The van der Waals surface area contributed by atoms with Crippen molar-refractivity contribution < 1.29 is 9.47 Å². The van der Waals surface area contributed by atoms with E-state index in [1.165, 1.54) is 30.6 Å². The zero-order valence-electron chi connectivity index (χ0n) is 12.9. The number of benzene rings is 1. The van der Waals surface area contributed by atoms with Gasteiger partial charge in [-0.1, -0.05) is 12.8 Å². The van der Waals surface area contributed by atoms with Crippen molar-refractivity contribution in [3.05, 3.63) is 24.3 Å². The van der Waals surface area contributed by atoms with Crippen LogP contribution in [0.3, 0.4) is 0 Å². The summed E-state index contributed by atoms with van der Waals surface area (Å²) in [6.07, 6.45) is 5.54. The predicted octanol–water partition coefficient (Wildman–Crippen LogP) is 4.28. The second-order valence-electron chi connectivity index (χ2n) is 6.41. The van der Waals surface area contributed by atoms with E-state index in [4.69, 9.17) is 9.47 Å². The summed E-state index contributed by atoms with van der Waals surface area (Å²) in [5.41, 5.74) is 1.14. The third-order valence-electron chi connectivity index (χ3n) is 4.09. The van der Waals surface area contributed by atoms with Gasteiger partial charge in [-0.15, -0.1) is 11.8 Å². The Morgan fingerprint density at radius 3 is 2.29 bits per heavy atom. The molecular weight excluding hydrogens is 282 g/mol. The molecule has 116 valence electrons. The van der Waals surface area contributed by atoms with E-state index >= 15 is 0 Å². The lowest BCUT2D eigenvalue weighted by Gasteiger charge is -2.35. The largest absolute Gasteiger partial charge is 0.378 e. The number of anilines is 1. The molecule has 0 unspecified atom stereocenters. The monoisotopic (exact) mass is 307 g/mol. The number of hydrogen-bond donors (Lipinski definition) is 1. The van der Waals surface area contributed by atoms with E-state index in [2.05, 4.69) is 29.6 Å². The fourth-order valence-electron chi connectivity index (χ4n) is 2.84. The summed E-state index contributed by atoms with van der Waals surface area (Å²) in [5.74, 6) is -0.444. The van der Waals surface area contributed by atoms with Crippen LogP contribution in [0.4, 0.5) is 5.69 Å². The molecule has 0 amide bonds.